The van der Waals surface area contributed by atoms with E-state index in [0.29, 0.717) is 26.1 Å². The number of hydrogen-bond donors (Lipinski definition) is 0. The number of hydrogen-bond acceptors (Lipinski definition) is 5. The Bertz CT molecular complexity index is 593. The number of carbonyl (C=O) groups is 2. The Kier molecular flexibility index (Phi) is 35.5. The minimum atomic E-state index is -0.516. The first-order valence-electron chi connectivity index (χ1n) is 19.6. The molecule has 0 fully saturated rings. The van der Waals surface area contributed by atoms with Gasteiger partial charge in [-0.25, -0.2) is 0 Å². The first kappa shape index (κ1) is 42.9. The Morgan fingerprint density at radius 2 is 0.750 bits per heavy atom. The van der Waals surface area contributed by atoms with Crippen LogP contribution < -0.4 is 0 Å². The van der Waals surface area contributed by atoms with Crippen molar-refractivity contribution >= 4 is 11.9 Å². The van der Waals surface area contributed by atoms with Gasteiger partial charge in [0.05, 0.1) is 6.61 Å². The summed E-state index contributed by atoms with van der Waals surface area (Å²) >= 11 is 0. The highest BCUT2D eigenvalue weighted by atomic mass is 16.6. The Balaban J connectivity index is 3.88. The molecule has 5 nitrogen and oxygen atoms in total. The summed E-state index contributed by atoms with van der Waals surface area (Å²) in [6.07, 6.45) is 35.8. The fourth-order valence-corrected chi connectivity index (χ4v) is 5.69. The van der Waals surface area contributed by atoms with E-state index in [9.17, 15) is 9.59 Å². The molecule has 0 saturated carbocycles. The molecule has 0 aromatic carbocycles. The molecule has 0 saturated heterocycles. The second-order valence-electron chi connectivity index (χ2n) is 13.2. The van der Waals surface area contributed by atoms with Crippen LogP contribution in [0.5, 0.6) is 0 Å². The van der Waals surface area contributed by atoms with E-state index in [4.69, 9.17) is 14.2 Å². The van der Waals surface area contributed by atoms with Crippen molar-refractivity contribution in [3.63, 3.8) is 0 Å². The second-order valence-corrected chi connectivity index (χ2v) is 13.2. The van der Waals surface area contributed by atoms with E-state index >= 15 is 0 Å². The maximum Gasteiger partial charge on any atom is 0.306 e. The number of carbonyl (C=O) groups excluding carboxylic acids is 2. The average Bonchev–Trinajstić information content (AvgIpc) is 3.02. The van der Waals surface area contributed by atoms with Crippen LogP contribution in [0.2, 0.25) is 0 Å². The first-order chi connectivity index (χ1) is 21.6. The fourth-order valence-electron chi connectivity index (χ4n) is 5.69. The molecule has 0 aliphatic heterocycles. The van der Waals surface area contributed by atoms with Crippen LogP contribution in [0.4, 0.5) is 0 Å². The number of rotatable bonds is 36. The van der Waals surface area contributed by atoms with E-state index in [1.54, 1.807) is 0 Å². The molecule has 262 valence electrons. The lowest BCUT2D eigenvalue weighted by molar-refractivity contribution is -0.163. The lowest BCUT2D eigenvalue weighted by atomic mass is 10.0. The minimum Gasteiger partial charge on any atom is -0.462 e. The number of unbranched alkanes of at least 4 members (excludes halogenated alkanes) is 25. The van der Waals surface area contributed by atoms with E-state index in [0.717, 1.165) is 44.9 Å². The molecule has 1 unspecified atom stereocenters. The van der Waals surface area contributed by atoms with Crippen LogP contribution in [0.1, 0.15) is 213 Å². The Hall–Kier alpha value is -1.10. The third-order valence-corrected chi connectivity index (χ3v) is 8.64. The van der Waals surface area contributed by atoms with Crippen LogP contribution in [0.25, 0.3) is 0 Å². The van der Waals surface area contributed by atoms with E-state index in [1.807, 2.05) is 0 Å². The molecule has 0 N–H and O–H groups in total. The highest BCUT2D eigenvalue weighted by molar-refractivity contribution is 5.70. The Labute approximate surface area is 274 Å². The van der Waals surface area contributed by atoms with Gasteiger partial charge < -0.3 is 14.2 Å². The normalized spacial score (nSPS) is 12.0. The molecule has 0 rings (SSSR count). The summed E-state index contributed by atoms with van der Waals surface area (Å²) in [6.45, 7) is 7.71. The quantitative estimate of drug-likeness (QED) is 0.0512. The average molecular weight is 625 g/mol. The Morgan fingerprint density at radius 1 is 0.409 bits per heavy atom. The largest absolute Gasteiger partial charge is 0.462 e. The van der Waals surface area contributed by atoms with Gasteiger partial charge in [-0.1, -0.05) is 181 Å². The van der Waals surface area contributed by atoms with Gasteiger partial charge in [0.2, 0.25) is 0 Å². The molecule has 0 amide bonds. The summed E-state index contributed by atoms with van der Waals surface area (Å²) in [5, 5.41) is 0. The summed E-state index contributed by atoms with van der Waals surface area (Å²) in [7, 11) is 0. The van der Waals surface area contributed by atoms with Crippen molar-refractivity contribution in [1.82, 2.24) is 0 Å². The molecule has 0 radical (unpaired) electrons. The van der Waals surface area contributed by atoms with E-state index in [2.05, 4.69) is 20.8 Å². The van der Waals surface area contributed by atoms with Gasteiger partial charge in [-0.2, -0.15) is 0 Å². The highest BCUT2D eigenvalue weighted by Crippen LogP contribution is 2.15. The van der Waals surface area contributed by atoms with Crippen molar-refractivity contribution in [2.75, 3.05) is 19.8 Å². The summed E-state index contributed by atoms with van der Waals surface area (Å²) in [5.41, 5.74) is 0. The molecular weight excluding hydrogens is 548 g/mol. The number of ether oxygens (including phenoxy) is 3. The monoisotopic (exact) mass is 625 g/mol. The molecule has 1 atom stereocenters. The lowest BCUT2D eigenvalue weighted by Gasteiger charge is -2.18. The van der Waals surface area contributed by atoms with Crippen molar-refractivity contribution in [3.8, 4) is 0 Å². The zero-order valence-electron chi connectivity index (χ0n) is 30.0. The highest BCUT2D eigenvalue weighted by Gasteiger charge is 2.17. The van der Waals surface area contributed by atoms with Crippen molar-refractivity contribution in [3.05, 3.63) is 0 Å². The smallest absolute Gasteiger partial charge is 0.306 e. The van der Waals surface area contributed by atoms with Crippen LogP contribution in [-0.2, 0) is 23.8 Å². The van der Waals surface area contributed by atoms with Crippen molar-refractivity contribution in [2.24, 2.45) is 0 Å². The van der Waals surface area contributed by atoms with Gasteiger partial charge >= 0.3 is 11.9 Å². The molecule has 0 aromatic rings. The van der Waals surface area contributed by atoms with E-state index in [1.165, 1.54) is 135 Å². The SMILES string of the molecule is CCCCCCCCCCCCCCCCCCCCOCC(COC(=O)CCCCCCC)OC(=O)CCCCCCC. The molecular formula is C39H76O5. The van der Waals surface area contributed by atoms with Gasteiger partial charge in [-0.05, 0) is 19.3 Å². The first-order valence-corrected chi connectivity index (χ1v) is 19.6. The van der Waals surface area contributed by atoms with Crippen molar-refractivity contribution in [1.29, 1.82) is 0 Å². The van der Waals surface area contributed by atoms with E-state index < -0.39 is 6.10 Å². The predicted octanol–water partition coefficient (Wildman–Crippen LogP) is 12.2. The van der Waals surface area contributed by atoms with Crippen molar-refractivity contribution in [2.45, 2.75) is 219 Å². The molecule has 0 aromatic heterocycles. The van der Waals surface area contributed by atoms with Crippen LogP contribution in [0, 0.1) is 0 Å². The predicted molar refractivity (Wildman–Crippen MR) is 187 cm³/mol. The van der Waals surface area contributed by atoms with Gasteiger partial charge in [0, 0.05) is 19.4 Å². The van der Waals surface area contributed by atoms with Gasteiger partial charge in [-0.3, -0.25) is 9.59 Å². The molecule has 44 heavy (non-hydrogen) atoms. The van der Waals surface area contributed by atoms with Crippen molar-refractivity contribution < 1.29 is 23.8 Å². The van der Waals surface area contributed by atoms with Gasteiger partial charge in [0.25, 0.3) is 0 Å². The van der Waals surface area contributed by atoms with Gasteiger partial charge in [0.1, 0.15) is 6.61 Å². The summed E-state index contributed by atoms with van der Waals surface area (Å²) in [5.74, 6) is -0.413. The standard InChI is InChI=1S/C39H76O5/c1-4-7-10-13-14-15-16-17-18-19-20-21-22-23-24-25-28-31-34-42-35-37(44-39(41)33-30-27-12-9-6-3)36-43-38(40)32-29-26-11-8-5-2/h37H,4-36H2,1-3H3. The third kappa shape index (κ3) is 33.8. The minimum absolute atomic E-state index is 0.0918. The van der Waals surface area contributed by atoms with E-state index in [-0.39, 0.29) is 18.5 Å². The molecule has 0 heterocycles. The molecule has 0 aliphatic carbocycles. The number of esters is 2. The zero-order chi connectivity index (χ0) is 32.2. The maximum absolute atomic E-state index is 12.4. The fraction of sp³-hybridized carbons (Fsp3) is 0.949. The van der Waals surface area contributed by atoms with Crippen LogP contribution in [0.15, 0.2) is 0 Å². The van der Waals surface area contributed by atoms with Crippen LogP contribution >= 0.6 is 0 Å². The molecule has 0 spiro atoms. The topological polar surface area (TPSA) is 61.8 Å². The molecule has 5 heteroatoms. The van der Waals surface area contributed by atoms with Crippen LogP contribution in [-0.4, -0.2) is 37.9 Å². The zero-order valence-corrected chi connectivity index (χ0v) is 30.0. The van der Waals surface area contributed by atoms with Crippen LogP contribution in [0.3, 0.4) is 0 Å². The molecule has 0 bridgehead atoms. The van der Waals surface area contributed by atoms with Gasteiger partial charge in [0.15, 0.2) is 6.10 Å². The Morgan fingerprint density at radius 3 is 1.16 bits per heavy atom. The van der Waals surface area contributed by atoms with Gasteiger partial charge in [-0.15, -0.1) is 0 Å². The second kappa shape index (κ2) is 36.4. The summed E-state index contributed by atoms with van der Waals surface area (Å²) < 4.78 is 17.0. The maximum atomic E-state index is 12.4. The summed E-state index contributed by atoms with van der Waals surface area (Å²) in [6, 6.07) is 0. The summed E-state index contributed by atoms with van der Waals surface area (Å²) in [4.78, 5) is 24.6. The molecule has 0 aliphatic rings. The lowest BCUT2D eigenvalue weighted by Crippen LogP contribution is -2.30. The third-order valence-electron chi connectivity index (χ3n) is 8.64.